The molecule has 0 aliphatic heterocycles. The molecule has 8 heteroatoms. The number of carboxylic acid groups (broad SMARTS) is 1. The van der Waals surface area contributed by atoms with Gasteiger partial charge in [0.1, 0.15) is 11.5 Å². The van der Waals surface area contributed by atoms with E-state index in [0.717, 1.165) is 30.4 Å². The Morgan fingerprint density at radius 2 is 1.97 bits per heavy atom. The van der Waals surface area contributed by atoms with E-state index < -0.39 is 30.6 Å². The van der Waals surface area contributed by atoms with E-state index in [0.29, 0.717) is 18.6 Å². The van der Waals surface area contributed by atoms with Gasteiger partial charge in [-0.25, -0.2) is 0 Å². The summed E-state index contributed by atoms with van der Waals surface area (Å²) in [6.45, 7) is 2.06. The minimum absolute atomic E-state index is 0. The zero-order valence-electron chi connectivity index (χ0n) is 17.5. The van der Waals surface area contributed by atoms with Crippen LogP contribution in [0.3, 0.4) is 0 Å². The van der Waals surface area contributed by atoms with Crippen LogP contribution in [0, 0.1) is 17.3 Å². The van der Waals surface area contributed by atoms with Crippen molar-refractivity contribution in [2.75, 3.05) is 0 Å². The third-order valence-electron chi connectivity index (χ3n) is 7.50. The molecule has 1 aromatic carbocycles. The van der Waals surface area contributed by atoms with Crippen LogP contribution in [0.5, 0.6) is 11.5 Å². The molecule has 2 saturated carbocycles. The summed E-state index contributed by atoms with van der Waals surface area (Å²) in [4.78, 5) is 22.8. The number of carbonyl (C=O) groups is 2. The standard InChI is InChI=1S/C22H28O7.Na/c1-22-7-6-14-13(15(22)10-16(24)21(22)28)3-2-11-8-12(23)9-17(20(11)14)29-19(27)5-4-18(25)26;/h8-9,13-16,21,23-24,28H,2-7,10H2,1H3,(H,25,26);/q;+1/p-1/t13-,14+,15+,16-,21+,22+;/m1./s1. The van der Waals surface area contributed by atoms with E-state index in [1.165, 1.54) is 6.07 Å². The molecular formula is C22H27NaO7. The maximum Gasteiger partial charge on any atom is 1.00 e. The van der Waals surface area contributed by atoms with Crippen molar-refractivity contribution in [2.45, 2.75) is 70.0 Å². The summed E-state index contributed by atoms with van der Waals surface area (Å²) >= 11 is 0. The molecule has 0 unspecified atom stereocenters. The van der Waals surface area contributed by atoms with Gasteiger partial charge in [-0.05, 0) is 73.3 Å². The van der Waals surface area contributed by atoms with Crippen LogP contribution in [0.15, 0.2) is 12.1 Å². The summed E-state index contributed by atoms with van der Waals surface area (Å²) in [6.07, 6.45) is 1.57. The number of fused-ring (bicyclic) bond motifs is 5. The van der Waals surface area contributed by atoms with E-state index in [9.17, 15) is 30.0 Å². The van der Waals surface area contributed by atoms with E-state index in [-0.39, 0.29) is 64.9 Å². The van der Waals surface area contributed by atoms with Crippen LogP contribution in [0.2, 0.25) is 0 Å². The third-order valence-corrected chi connectivity index (χ3v) is 7.50. The molecule has 0 radical (unpaired) electrons. The molecule has 2 fully saturated rings. The van der Waals surface area contributed by atoms with Gasteiger partial charge in [0.2, 0.25) is 0 Å². The van der Waals surface area contributed by atoms with Gasteiger partial charge in [0.15, 0.2) is 0 Å². The molecule has 158 valence electrons. The zero-order valence-corrected chi connectivity index (χ0v) is 19.5. The van der Waals surface area contributed by atoms with Gasteiger partial charge in [-0.15, -0.1) is 0 Å². The number of hydrogen-bond donors (Lipinski definition) is 3. The number of rotatable bonds is 4. The Morgan fingerprint density at radius 1 is 1.23 bits per heavy atom. The molecule has 0 heterocycles. The molecule has 4 rings (SSSR count). The van der Waals surface area contributed by atoms with Gasteiger partial charge in [0, 0.05) is 17.6 Å². The third kappa shape index (κ3) is 4.02. The molecule has 0 amide bonds. The second-order valence-corrected chi connectivity index (χ2v) is 9.07. The molecule has 3 aliphatic carbocycles. The van der Waals surface area contributed by atoms with Crippen molar-refractivity contribution in [3.63, 3.8) is 0 Å². The van der Waals surface area contributed by atoms with E-state index >= 15 is 0 Å². The van der Waals surface area contributed by atoms with Crippen LogP contribution >= 0.6 is 0 Å². The summed E-state index contributed by atoms with van der Waals surface area (Å²) in [6, 6.07) is 3.13. The van der Waals surface area contributed by atoms with Crippen LogP contribution in [0.4, 0.5) is 0 Å². The fourth-order valence-corrected chi connectivity index (χ4v) is 6.12. The number of aliphatic hydroxyl groups is 2. The molecule has 3 aliphatic rings. The Morgan fingerprint density at radius 3 is 2.67 bits per heavy atom. The van der Waals surface area contributed by atoms with Gasteiger partial charge < -0.3 is 30.0 Å². The van der Waals surface area contributed by atoms with E-state index in [1.807, 2.05) is 0 Å². The Kier molecular flexibility index (Phi) is 6.90. The van der Waals surface area contributed by atoms with Crippen LogP contribution in [-0.2, 0) is 16.0 Å². The van der Waals surface area contributed by atoms with Crippen molar-refractivity contribution >= 4 is 11.9 Å². The van der Waals surface area contributed by atoms with Crippen molar-refractivity contribution in [3.8, 4) is 11.5 Å². The van der Waals surface area contributed by atoms with Crippen molar-refractivity contribution in [2.24, 2.45) is 17.3 Å². The number of carboxylic acids is 1. The van der Waals surface area contributed by atoms with Crippen molar-refractivity contribution in [1.82, 2.24) is 0 Å². The minimum atomic E-state index is -1.31. The minimum Gasteiger partial charge on any atom is -0.550 e. The maximum atomic E-state index is 12.1. The number of aromatic hydroxyl groups is 1. The summed E-state index contributed by atoms with van der Waals surface area (Å²) in [5.74, 6) is -1.15. The maximum absolute atomic E-state index is 12.1. The summed E-state index contributed by atoms with van der Waals surface area (Å²) in [7, 11) is 0. The van der Waals surface area contributed by atoms with E-state index in [4.69, 9.17) is 4.74 Å². The van der Waals surface area contributed by atoms with Crippen LogP contribution in [0.1, 0.15) is 62.5 Å². The molecule has 0 aromatic heterocycles. The van der Waals surface area contributed by atoms with Crippen molar-refractivity contribution < 1.29 is 64.3 Å². The Labute approximate surface area is 197 Å². The number of aryl methyl sites for hydroxylation is 1. The first kappa shape index (κ1) is 23.5. The van der Waals surface area contributed by atoms with Crippen LogP contribution < -0.4 is 39.4 Å². The van der Waals surface area contributed by atoms with Gasteiger partial charge in [0.05, 0.1) is 18.6 Å². The fraction of sp³-hybridized carbons (Fsp3) is 0.636. The molecule has 7 nitrogen and oxygen atoms in total. The summed E-state index contributed by atoms with van der Waals surface area (Å²) < 4.78 is 5.48. The quantitative estimate of drug-likeness (QED) is 0.289. The summed E-state index contributed by atoms with van der Waals surface area (Å²) in [5.41, 5.74) is 1.52. The molecule has 1 aromatic rings. The van der Waals surface area contributed by atoms with Crippen molar-refractivity contribution in [1.29, 1.82) is 0 Å². The molecule has 0 saturated heterocycles. The largest absolute Gasteiger partial charge is 1.00 e. The number of hydrogen-bond acceptors (Lipinski definition) is 7. The number of esters is 1. The Hall–Kier alpha value is -1.12. The molecule has 3 N–H and O–H groups in total. The van der Waals surface area contributed by atoms with Gasteiger partial charge in [0.25, 0.3) is 0 Å². The first-order valence-corrected chi connectivity index (χ1v) is 10.3. The zero-order chi connectivity index (χ0) is 20.9. The van der Waals surface area contributed by atoms with E-state index in [1.54, 1.807) is 6.07 Å². The predicted octanol–water partition coefficient (Wildman–Crippen LogP) is -1.98. The predicted molar refractivity (Wildman–Crippen MR) is 100.0 cm³/mol. The van der Waals surface area contributed by atoms with E-state index in [2.05, 4.69) is 6.92 Å². The number of aliphatic carboxylic acids is 1. The number of aliphatic hydroxyl groups excluding tert-OH is 2. The second kappa shape index (κ2) is 8.79. The number of benzene rings is 1. The molecule has 0 bridgehead atoms. The van der Waals surface area contributed by atoms with Crippen LogP contribution in [0.25, 0.3) is 0 Å². The first-order chi connectivity index (χ1) is 13.7. The fourth-order valence-electron chi connectivity index (χ4n) is 6.12. The monoisotopic (exact) mass is 426 g/mol. The second-order valence-electron chi connectivity index (χ2n) is 9.07. The topological polar surface area (TPSA) is 127 Å². The average Bonchev–Trinajstić information content (AvgIpc) is 2.89. The molecule has 6 atom stereocenters. The number of carbonyl (C=O) groups excluding carboxylic acids is 2. The van der Waals surface area contributed by atoms with Gasteiger partial charge in [-0.1, -0.05) is 6.92 Å². The molecule has 0 spiro atoms. The Bertz CT molecular complexity index is 841. The molecular weight excluding hydrogens is 399 g/mol. The first-order valence-electron chi connectivity index (χ1n) is 10.3. The van der Waals surface area contributed by atoms with Crippen LogP contribution in [-0.4, -0.2) is 39.5 Å². The SMILES string of the molecule is C[C@]12CC[C@@H]3c4c(cc(O)cc4OC(=O)CCC(=O)[O-])CC[C@H]3[C@@H]1C[C@@H](O)[C@@H]2O.[Na+]. The Balaban J connectivity index is 0.00000256. The number of ether oxygens (including phenoxy) is 1. The number of phenolic OH excluding ortho intramolecular Hbond substituents is 1. The number of phenols is 1. The normalized spacial score (nSPS) is 34.2. The average molecular weight is 426 g/mol. The van der Waals surface area contributed by atoms with Crippen molar-refractivity contribution in [3.05, 3.63) is 23.3 Å². The van der Waals surface area contributed by atoms with Gasteiger partial charge in [-0.2, -0.15) is 0 Å². The van der Waals surface area contributed by atoms with Gasteiger partial charge in [-0.3, -0.25) is 4.79 Å². The smallest absolute Gasteiger partial charge is 0.550 e. The molecule has 30 heavy (non-hydrogen) atoms. The summed E-state index contributed by atoms with van der Waals surface area (Å²) in [5, 5.41) is 41.5. The van der Waals surface area contributed by atoms with Gasteiger partial charge >= 0.3 is 35.5 Å².